The highest BCUT2D eigenvalue weighted by molar-refractivity contribution is 14.2. The van der Waals surface area contributed by atoms with Gasteiger partial charge in [-0.2, -0.15) is 0 Å². The third-order valence-corrected chi connectivity index (χ3v) is 7.33. The largest absolute Gasteiger partial charge is 0.256 e. The summed E-state index contributed by atoms with van der Waals surface area (Å²) < 4.78 is 13.2. The Morgan fingerprint density at radius 3 is 1.74 bits per heavy atom. The van der Waals surface area contributed by atoms with Crippen molar-refractivity contribution in [2.75, 3.05) is 0 Å². The monoisotopic (exact) mass is 533 g/mol. The number of pyridine rings is 1. The summed E-state index contributed by atoms with van der Waals surface area (Å²) >= 11 is 2.30. The molecule has 0 amide bonds. The Balaban J connectivity index is 1.43. The number of nitrogens with zero attached hydrogens (tertiary/aromatic N) is 1. The summed E-state index contributed by atoms with van der Waals surface area (Å²) in [5, 5.41) is 1.11. The first-order chi connectivity index (χ1) is 15.2. The predicted octanol–water partition coefficient (Wildman–Crippen LogP) is 8.82. The molecule has 5 rings (SSSR count). The second kappa shape index (κ2) is 8.81. The van der Waals surface area contributed by atoms with Crippen LogP contribution in [0.1, 0.15) is 0 Å². The maximum absolute atomic E-state index is 13.2. The highest BCUT2D eigenvalue weighted by Gasteiger charge is 2.05. The Hall–Kier alpha value is -2.70. The van der Waals surface area contributed by atoms with Crippen molar-refractivity contribution in [2.45, 2.75) is 4.90 Å². The number of hydrogen-bond acceptors (Lipinski definition) is 2. The molecular formula is C27H17FINS. The molecule has 0 aliphatic rings. The molecule has 0 fully saturated rings. The Kier molecular flexibility index (Phi) is 5.74. The van der Waals surface area contributed by atoms with Gasteiger partial charge in [-0.05, 0) is 64.2 Å². The maximum Gasteiger partial charge on any atom is 0.123 e. The smallest absolute Gasteiger partial charge is 0.123 e. The molecule has 0 saturated carbocycles. The fourth-order valence-corrected chi connectivity index (χ4v) is 4.77. The number of aromatic nitrogens is 1. The average Bonchev–Trinajstić information content (AvgIpc) is 2.84. The third kappa shape index (κ3) is 4.36. The molecule has 0 radical (unpaired) electrons. The fraction of sp³-hybridized carbons (Fsp3) is 0. The zero-order chi connectivity index (χ0) is 21.2. The van der Waals surface area contributed by atoms with Crippen LogP contribution in [0.5, 0.6) is 0 Å². The average molecular weight is 533 g/mol. The zero-order valence-electron chi connectivity index (χ0n) is 16.4. The highest BCUT2D eigenvalue weighted by atomic mass is 127. The van der Waals surface area contributed by atoms with E-state index in [0.29, 0.717) is 0 Å². The van der Waals surface area contributed by atoms with Crippen molar-refractivity contribution in [3.05, 3.63) is 109 Å². The summed E-state index contributed by atoms with van der Waals surface area (Å²) in [5.41, 5.74) is 7.60. The second-order valence-corrected chi connectivity index (χ2v) is 9.26. The van der Waals surface area contributed by atoms with Crippen LogP contribution in [0, 0.1) is 5.82 Å². The lowest BCUT2D eigenvalue weighted by molar-refractivity contribution is 0.628. The quantitative estimate of drug-likeness (QED) is 0.214. The van der Waals surface area contributed by atoms with Crippen LogP contribution in [0.3, 0.4) is 0 Å². The van der Waals surface area contributed by atoms with Crippen molar-refractivity contribution in [3.63, 3.8) is 0 Å². The molecule has 0 spiro atoms. The zero-order valence-corrected chi connectivity index (χ0v) is 19.4. The van der Waals surface area contributed by atoms with Crippen LogP contribution in [0.15, 0.2) is 108 Å². The van der Waals surface area contributed by atoms with E-state index in [2.05, 4.69) is 94.0 Å². The lowest BCUT2D eigenvalue weighted by atomic mass is 9.99. The van der Waals surface area contributed by atoms with Crippen molar-refractivity contribution < 1.29 is 4.39 Å². The molecule has 31 heavy (non-hydrogen) atoms. The molecule has 0 N–H and O–H groups in total. The summed E-state index contributed by atoms with van der Waals surface area (Å²) in [6, 6.07) is 32.1. The van der Waals surface area contributed by atoms with E-state index in [-0.39, 0.29) is 5.82 Å². The molecule has 1 aromatic heterocycles. The normalized spacial score (nSPS) is 11.0. The first-order valence-electron chi connectivity index (χ1n) is 9.85. The van der Waals surface area contributed by atoms with Gasteiger partial charge >= 0.3 is 0 Å². The Bertz CT molecular complexity index is 1350. The minimum atomic E-state index is -0.220. The lowest BCUT2D eigenvalue weighted by Gasteiger charge is -2.08. The van der Waals surface area contributed by atoms with E-state index in [1.165, 1.54) is 28.2 Å². The van der Waals surface area contributed by atoms with E-state index in [1.807, 2.05) is 6.20 Å². The van der Waals surface area contributed by atoms with E-state index >= 15 is 0 Å². The van der Waals surface area contributed by atoms with Gasteiger partial charge in [-0.25, -0.2) is 4.39 Å². The van der Waals surface area contributed by atoms with Crippen molar-refractivity contribution in [1.82, 2.24) is 4.98 Å². The summed E-state index contributed by atoms with van der Waals surface area (Å²) in [7, 11) is 1.72. The summed E-state index contributed by atoms with van der Waals surface area (Å²) in [4.78, 5) is 5.97. The number of fused-ring (bicyclic) bond motifs is 1. The molecule has 0 unspecified atom stereocenters. The molecule has 0 saturated heterocycles. The first kappa shape index (κ1) is 20.2. The van der Waals surface area contributed by atoms with E-state index in [0.717, 1.165) is 33.2 Å². The minimum absolute atomic E-state index is 0.220. The topological polar surface area (TPSA) is 12.9 Å². The first-order valence-corrected chi connectivity index (χ1v) is 13.2. The molecule has 0 aliphatic heterocycles. The van der Waals surface area contributed by atoms with Crippen LogP contribution in [0.25, 0.3) is 44.3 Å². The van der Waals surface area contributed by atoms with Crippen molar-refractivity contribution in [3.8, 4) is 33.4 Å². The minimum Gasteiger partial charge on any atom is -0.256 e. The Morgan fingerprint density at radius 1 is 0.581 bits per heavy atom. The van der Waals surface area contributed by atoms with E-state index < -0.39 is 0 Å². The fourth-order valence-electron chi connectivity index (χ4n) is 3.66. The molecule has 150 valence electrons. The number of halogens is 2. The molecule has 0 aliphatic carbocycles. The van der Waals surface area contributed by atoms with Gasteiger partial charge in [0.25, 0.3) is 0 Å². The van der Waals surface area contributed by atoms with Crippen molar-refractivity contribution in [2.24, 2.45) is 0 Å². The second-order valence-electron chi connectivity index (χ2n) is 7.32. The molecule has 1 nitrogen and oxygen atoms in total. The van der Waals surface area contributed by atoms with Gasteiger partial charge < -0.3 is 0 Å². The Morgan fingerprint density at radius 2 is 1.10 bits per heavy atom. The van der Waals surface area contributed by atoms with Crippen LogP contribution < -0.4 is 0 Å². The van der Waals surface area contributed by atoms with E-state index in [4.69, 9.17) is 4.98 Å². The standard InChI is InChI=1S/C27H17FINS/c28-25-11-7-19(8-12-25)18-1-3-21(4-2-18)24-15-23-6-5-22(16-27(23)30-17-24)20-9-13-26(31-29)14-10-20/h1-17H. The van der Waals surface area contributed by atoms with Gasteiger partial charge in [0.15, 0.2) is 0 Å². The number of benzene rings is 4. The van der Waals surface area contributed by atoms with Crippen LogP contribution in [0.2, 0.25) is 0 Å². The third-order valence-electron chi connectivity index (χ3n) is 5.36. The van der Waals surface area contributed by atoms with Gasteiger partial charge in [0, 0.05) is 43.2 Å². The molecular weight excluding hydrogens is 516 g/mol. The SMILES string of the molecule is Fc1ccc(-c2ccc(-c3cnc4cc(-c5ccc(SI)cc5)ccc4c3)cc2)cc1. The number of rotatable bonds is 4. The van der Waals surface area contributed by atoms with E-state index in [9.17, 15) is 4.39 Å². The van der Waals surface area contributed by atoms with Crippen LogP contribution >= 0.6 is 30.1 Å². The summed E-state index contributed by atoms with van der Waals surface area (Å²) in [6.07, 6.45) is 1.93. The van der Waals surface area contributed by atoms with Gasteiger partial charge in [-0.1, -0.05) is 69.6 Å². The number of hydrogen-bond donors (Lipinski definition) is 0. The van der Waals surface area contributed by atoms with Crippen molar-refractivity contribution in [1.29, 1.82) is 0 Å². The van der Waals surface area contributed by atoms with Crippen LogP contribution in [-0.2, 0) is 0 Å². The molecule has 4 heteroatoms. The molecule has 4 aromatic carbocycles. The molecule has 1 heterocycles. The highest BCUT2D eigenvalue weighted by Crippen LogP contribution is 2.31. The maximum atomic E-state index is 13.2. The molecule has 5 aromatic rings. The molecule has 0 atom stereocenters. The Labute approximate surface area is 197 Å². The molecule has 0 bridgehead atoms. The van der Waals surface area contributed by atoms with Gasteiger partial charge in [0.1, 0.15) is 5.82 Å². The van der Waals surface area contributed by atoms with Gasteiger partial charge in [-0.3, -0.25) is 4.98 Å². The van der Waals surface area contributed by atoms with E-state index in [1.54, 1.807) is 21.1 Å². The van der Waals surface area contributed by atoms with Gasteiger partial charge in [-0.15, -0.1) is 0 Å². The van der Waals surface area contributed by atoms with Crippen molar-refractivity contribution >= 4 is 41.0 Å². The van der Waals surface area contributed by atoms with Crippen LogP contribution in [-0.4, -0.2) is 4.98 Å². The van der Waals surface area contributed by atoms with Gasteiger partial charge in [0.2, 0.25) is 0 Å². The summed E-state index contributed by atoms with van der Waals surface area (Å²) in [6.45, 7) is 0. The summed E-state index contributed by atoms with van der Waals surface area (Å²) in [5.74, 6) is -0.220. The van der Waals surface area contributed by atoms with Gasteiger partial charge in [0.05, 0.1) is 5.52 Å². The lowest BCUT2D eigenvalue weighted by Crippen LogP contribution is -1.86. The van der Waals surface area contributed by atoms with Crippen LogP contribution in [0.4, 0.5) is 4.39 Å². The predicted molar refractivity (Wildman–Crippen MR) is 138 cm³/mol.